The number of nitrogens with zero attached hydrogens (tertiary/aromatic N) is 3. The first-order valence-corrected chi connectivity index (χ1v) is 12.6. The average molecular weight is 546 g/mol. The van der Waals surface area contributed by atoms with Gasteiger partial charge in [-0.15, -0.1) is 0 Å². The number of phenolic OH excluding ortho intramolecular Hbond substituents is 1. The molecule has 0 aliphatic carbocycles. The van der Waals surface area contributed by atoms with Gasteiger partial charge in [-0.3, -0.25) is 19.5 Å². The van der Waals surface area contributed by atoms with E-state index < -0.39 is 39.7 Å². The molecule has 1 atom stereocenters. The van der Waals surface area contributed by atoms with Crippen LogP contribution in [0.5, 0.6) is 5.75 Å². The van der Waals surface area contributed by atoms with E-state index >= 15 is 0 Å². The van der Waals surface area contributed by atoms with Gasteiger partial charge in [0.1, 0.15) is 5.82 Å². The molecule has 196 valence electrons. The van der Waals surface area contributed by atoms with E-state index in [2.05, 4.69) is 4.99 Å². The lowest BCUT2D eigenvalue weighted by Gasteiger charge is -2.25. The van der Waals surface area contributed by atoms with Gasteiger partial charge in [0.25, 0.3) is 5.56 Å². The van der Waals surface area contributed by atoms with Crippen LogP contribution < -0.4 is 14.9 Å². The molecule has 5 rings (SSSR count). The molecule has 1 unspecified atom stereocenters. The third-order valence-electron chi connectivity index (χ3n) is 6.09. The van der Waals surface area contributed by atoms with Crippen LogP contribution in [0.15, 0.2) is 88.2 Å². The monoisotopic (exact) mass is 545 g/mol. The van der Waals surface area contributed by atoms with Crippen molar-refractivity contribution in [2.75, 3.05) is 6.61 Å². The van der Waals surface area contributed by atoms with E-state index in [1.165, 1.54) is 47.0 Å². The number of carbonyl (C=O) groups excluding carboxylic acids is 1. The molecule has 3 aromatic carbocycles. The number of halogens is 1. The minimum atomic E-state index is -1.00. The van der Waals surface area contributed by atoms with E-state index in [4.69, 9.17) is 4.74 Å². The second kappa shape index (κ2) is 10.5. The van der Waals surface area contributed by atoms with Gasteiger partial charge >= 0.3 is 11.7 Å². The number of para-hydroxylation sites is 1. The second-order valence-corrected chi connectivity index (χ2v) is 9.46. The maximum absolute atomic E-state index is 13.9. The summed E-state index contributed by atoms with van der Waals surface area (Å²) in [5.74, 6) is -1.75. The third kappa shape index (κ3) is 4.75. The molecule has 0 fully saturated rings. The minimum Gasteiger partial charge on any atom is -0.502 e. The van der Waals surface area contributed by atoms with E-state index in [0.29, 0.717) is 16.8 Å². The molecule has 11 heteroatoms. The molecular weight excluding hydrogens is 525 g/mol. The highest BCUT2D eigenvalue weighted by Gasteiger charge is 2.35. The first kappa shape index (κ1) is 25.7. The Kier molecular flexibility index (Phi) is 6.90. The summed E-state index contributed by atoms with van der Waals surface area (Å²) in [5, 5.41) is 21.7. The van der Waals surface area contributed by atoms with Crippen LogP contribution >= 0.6 is 11.3 Å². The number of nitro benzene ring substituents is 1. The zero-order valence-corrected chi connectivity index (χ0v) is 21.2. The largest absolute Gasteiger partial charge is 0.502 e. The van der Waals surface area contributed by atoms with Gasteiger partial charge in [-0.2, -0.15) is 0 Å². The molecule has 0 amide bonds. The minimum absolute atomic E-state index is 0.0701. The molecular formula is C28H20FN3O6S. The van der Waals surface area contributed by atoms with Crippen LogP contribution in [0.25, 0.3) is 11.8 Å². The van der Waals surface area contributed by atoms with Gasteiger partial charge in [-0.05, 0) is 30.7 Å². The molecule has 1 aromatic heterocycles. The van der Waals surface area contributed by atoms with Crippen LogP contribution in [-0.2, 0) is 9.53 Å². The number of fused-ring (bicyclic) bond motifs is 1. The fraction of sp³-hybridized carbons (Fsp3) is 0.107. The lowest BCUT2D eigenvalue weighted by Crippen LogP contribution is -2.40. The summed E-state index contributed by atoms with van der Waals surface area (Å²) in [6.45, 7) is 1.74. The molecule has 0 bridgehead atoms. The van der Waals surface area contributed by atoms with Gasteiger partial charge in [-0.25, -0.2) is 14.2 Å². The zero-order valence-electron chi connectivity index (χ0n) is 20.4. The van der Waals surface area contributed by atoms with Crippen molar-refractivity contribution >= 4 is 34.8 Å². The van der Waals surface area contributed by atoms with Crippen LogP contribution in [0.4, 0.5) is 10.1 Å². The standard InChI is InChI=1S/C28H20FN3O6S/c1-2-38-27(35)22-23(16-7-4-3-5-8-16)30-28-31(24(22)17-11-13-19(29)14-12-17)26(34)21(39-28)15-18-9-6-10-20(25(18)33)32(36)37/h3-15,24,33H,2H2,1H3/b21-15+. The summed E-state index contributed by atoms with van der Waals surface area (Å²) in [4.78, 5) is 42.6. The van der Waals surface area contributed by atoms with Crippen molar-refractivity contribution < 1.29 is 24.0 Å². The van der Waals surface area contributed by atoms with Gasteiger partial charge in [0.15, 0.2) is 4.80 Å². The molecule has 1 N–H and O–H groups in total. The predicted molar refractivity (Wildman–Crippen MR) is 142 cm³/mol. The van der Waals surface area contributed by atoms with E-state index in [0.717, 1.165) is 17.4 Å². The number of hydrogen-bond acceptors (Lipinski definition) is 8. The van der Waals surface area contributed by atoms with Gasteiger partial charge in [0.2, 0.25) is 5.75 Å². The lowest BCUT2D eigenvalue weighted by molar-refractivity contribution is -0.385. The van der Waals surface area contributed by atoms with Crippen molar-refractivity contribution in [3.05, 3.63) is 131 Å². The highest BCUT2D eigenvalue weighted by Crippen LogP contribution is 2.35. The summed E-state index contributed by atoms with van der Waals surface area (Å²) in [6, 6.07) is 17.4. The van der Waals surface area contributed by atoms with Crippen molar-refractivity contribution in [3.8, 4) is 5.75 Å². The number of benzene rings is 3. The van der Waals surface area contributed by atoms with Crippen LogP contribution in [0.2, 0.25) is 0 Å². The Hall–Kier alpha value is -4.90. The highest BCUT2D eigenvalue weighted by atomic mass is 32.1. The summed E-state index contributed by atoms with van der Waals surface area (Å²) in [5.41, 5.74) is 0.488. The van der Waals surface area contributed by atoms with Crippen molar-refractivity contribution in [1.29, 1.82) is 0 Å². The lowest BCUT2D eigenvalue weighted by atomic mass is 9.93. The van der Waals surface area contributed by atoms with Crippen molar-refractivity contribution in [3.63, 3.8) is 0 Å². The van der Waals surface area contributed by atoms with E-state index in [1.54, 1.807) is 31.2 Å². The van der Waals surface area contributed by atoms with Crippen molar-refractivity contribution in [1.82, 2.24) is 4.57 Å². The number of aromatic hydroxyl groups is 1. The molecule has 2 heterocycles. The average Bonchev–Trinajstić information content (AvgIpc) is 3.24. The number of thiazole rings is 1. The number of rotatable bonds is 6. The summed E-state index contributed by atoms with van der Waals surface area (Å²) >= 11 is 0.994. The van der Waals surface area contributed by atoms with Crippen LogP contribution in [0.1, 0.15) is 29.7 Å². The molecule has 1 aliphatic heterocycles. The number of phenols is 1. The summed E-state index contributed by atoms with van der Waals surface area (Å²) in [7, 11) is 0. The number of hydrogen-bond donors (Lipinski definition) is 1. The van der Waals surface area contributed by atoms with Gasteiger partial charge < -0.3 is 9.84 Å². The molecule has 0 spiro atoms. The number of aromatic nitrogens is 1. The number of ether oxygens (including phenoxy) is 1. The maximum Gasteiger partial charge on any atom is 0.338 e. The van der Waals surface area contributed by atoms with E-state index in [-0.39, 0.29) is 27.1 Å². The molecule has 1 aliphatic rings. The fourth-order valence-corrected chi connectivity index (χ4v) is 5.35. The van der Waals surface area contributed by atoms with Gasteiger partial charge in [0, 0.05) is 17.2 Å². The van der Waals surface area contributed by atoms with Crippen molar-refractivity contribution in [2.45, 2.75) is 13.0 Å². The van der Waals surface area contributed by atoms with Crippen LogP contribution in [-0.4, -0.2) is 27.2 Å². The van der Waals surface area contributed by atoms with Crippen molar-refractivity contribution in [2.24, 2.45) is 4.99 Å². The second-order valence-electron chi connectivity index (χ2n) is 8.46. The van der Waals surface area contributed by atoms with Crippen LogP contribution in [0.3, 0.4) is 0 Å². The Bertz CT molecular complexity index is 1810. The molecule has 0 radical (unpaired) electrons. The van der Waals surface area contributed by atoms with Gasteiger partial charge in [0.05, 0.1) is 33.4 Å². The Morgan fingerprint density at radius 3 is 2.54 bits per heavy atom. The Balaban J connectivity index is 1.83. The first-order chi connectivity index (χ1) is 18.8. The zero-order chi connectivity index (χ0) is 27.7. The number of nitro groups is 1. The maximum atomic E-state index is 13.9. The summed E-state index contributed by atoms with van der Waals surface area (Å²) < 4.78 is 20.7. The number of esters is 1. The predicted octanol–water partition coefficient (Wildman–Crippen LogP) is 3.69. The SMILES string of the molecule is CCOC(=O)C1=C(c2ccccc2)N=c2s/c(=C/c3cccc([N+](=O)[O-])c3O)c(=O)n2C1c1ccc(F)cc1. The third-order valence-corrected chi connectivity index (χ3v) is 7.07. The Labute approximate surface area is 224 Å². The Morgan fingerprint density at radius 1 is 1.15 bits per heavy atom. The van der Waals surface area contributed by atoms with E-state index in [9.17, 15) is 29.2 Å². The van der Waals surface area contributed by atoms with Gasteiger partial charge in [-0.1, -0.05) is 65.9 Å². The molecule has 39 heavy (non-hydrogen) atoms. The van der Waals surface area contributed by atoms with E-state index in [1.807, 2.05) is 6.07 Å². The molecule has 0 saturated carbocycles. The Morgan fingerprint density at radius 2 is 1.87 bits per heavy atom. The number of carbonyl (C=O) groups is 1. The molecule has 9 nitrogen and oxygen atoms in total. The quantitative estimate of drug-likeness (QED) is 0.224. The summed E-state index contributed by atoms with van der Waals surface area (Å²) in [6.07, 6.45) is 1.34. The normalized spacial score (nSPS) is 15.0. The fourth-order valence-electron chi connectivity index (χ4n) is 4.35. The molecule has 0 saturated heterocycles. The topological polar surface area (TPSA) is 124 Å². The molecule has 4 aromatic rings. The first-order valence-electron chi connectivity index (χ1n) is 11.8. The smallest absolute Gasteiger partial charge is 0.338 e. The highest BCUT2D eigenvalue weighted by molar-refractivity contribution is 7.07. The van der Waals surface area contributed by atoms with Crippen LogP contribution in [0, 0.1) is 15.9 Å².